The smallest absolute Gasteiger partial charge is 0.410 e. The summed E-state index contributed by atoms with van der Waals surface area (Å²) in [6.07, 6.45) is -0.292. The van der Waals surface area contributed by atoms with Crippen LogP contribution in [0.15, 0.2) is 30.3 Å². The largest absolute Gasteiger partial charge is 0.444 e. The standard InChI is InChI=1S/C16H20FNO3/c1-15(2,3)21-14(20)18-9-13(16(17,10-18)11-19)12-7-5-4-6-8-12/h4-8,11,13H,9-10H2,1-3H3/t13-,16-/m1/s1. The Bertz CT molecular complexity index is 526. The Morgan fingerprint density at radius 1 is 1.38 bits per heavy atom. The lowest BCUT2D eigenvalue weighted by atomic mass is 9.87. The molecule has 1 saturated heterocycles. The average molecular weight is 293 g/mol. The highest BCUT2D eigenvalue weighted by Gasteiger charge is 2.50. The van der Waals surface area contributed by atoms with Crippen molar-refractivity contribution in [2.75, 3.05) is 13.1 Å². The average Bonchev–Trinajstić information content (AvgIpc) is 2.77. The van der Waals surface area contributed by atoms with Gasteiger partial charge in [0.1, 0.15) is 5.60 Å². The lowest BCUT2D eigenvalue weighted by Gasteiger charge is -2.24. The topological polar surface area (TPSA) is 46.6 Å². The molecule has 0 saturated carbocycles. The number of hydrogen-bond donors (Lipinski definition) is 0. The van der Waals surface area contributed by atoms with E-state index in [2.05, 4.69) is 0 Å². The van der Waals surface area contributed by atoms with Crippen molar-refractivity contribution in [3.8, 4) is 0 Å². The van der Waals surface area contributed by atoms with E-state index >= 15 is 0 Å². The van der Waals surface area contributed by atoms with E-state index in [0.717, 1.165) is 0 Å². The number of likely N-dealkylation sites (tertiary alicyclic amines) is 1. The third kappa shape index (κ3) is 3.40. The number of hydrogen-bond acceptors (Lipinski definition) is 3. The van der Waals surface area contributed by atoms with Crippen molar-refractivity contribution in [1.82, 2.24) is 4.90 Å². The summed E-state index contributed by atoms with van der Waals surface area (Å²) in [5, 5.41) is 0. The molecule has 1 aliphatic rings. The van der Waals surface area contributed by atoms with E-state index in [0.29, 0.717) is 11.8 Å². The quantitative estimate of drug-likeness (QED) is 0.788. The molecule has 2 atom stereocenters. The van der Waals surface area contributed by atoms with Crippen molar-refractivity contribution in [2.45, 2.75) is 38.0 Å². The van der Waals surface area contributed by atoms with Gasteiger partial charge in [-0.1, -0.05) is 30.3 Å². The van der Waals surface area contributed by atoms with Crippen LogP contribution in [-0.4, -0.2) is 41.6 Å². The Morgan fingerprint density at radius 3 is 2.52 bits per heavy atom. The highest BCUT2D eigenvalue weighted by atomic mass is 19.1. The molecule has 0 radical (unpaired) electrons. The summed E-state index contributed by atoms with van der Waals surface area (Å²) in [6, 6.07) is 8.93. The second-order valence-electron chi connectivity index (χ2n) is 6.37. The summed E-state index contributed by atoms with van der Waals surface area (Å²) < 4.78 is 20.1. The second kappa shape index (κ2) is 5.47. The number of carbonyl (C=O) groups is 2. The van der Waals surface area contributed by atoms with E-state index < -0.39 is 23.3 Å². The molecule has 1 heterocycles. The molecular weight excluding hydrogens is 273 g/mol. The van der Waals surface area contributed by atoms with Crippen molar-refractivity contribution in [3.63, 3.8) is 0 Å². The number of nitrogens with zero attached hydrogens (tertiary/aromatic N) is 1. The third-order valence-corrected chi connectivity index (χ3v) is 3.47. The number of carbonyl (C=O) groups excluding carboxylic acids is 2. The molecule has 114 valence electrons. The van der Waals surface area contributed by atoms with Gasteiger partial charge in [0.25, 0.3) is 0 Å². The maximum absolute atomic E-state index is 14.8. The Hall–Kier alpha value is -1.91. The van der Waals surface area contributed by atoms with Gasteiger partial charge < -0.3 is 9.64 Å². The number of rotatable bonds is 2. The monoisotopic (exact) mass is 293 g/mol. The Morgan fingerprint density at radius 2 is 2.00 bits per heavy atom. The molecule has 4 nitrogen and oxygen atoms in total. The number of benzene rings is 1. The first-order chi connectivity index (χ1) is 9.75. The van der Waals surface area contributed by atoms with Gasteiger partial charge in [-0.2, -0.15) is 0 Å². The first-order valence-corrected chi connectivity index (χ1v) is 6.93. The SMILES string of the molecule is CC(C)(C)OC(=O)N1C[C@H](c2ccccc2)[C@](F)(C=O)C1. The molecule has 0 unspecified atom stereocenters. The summed E-state index contributed by atoms with van der Waals surface area (Å²) in [7, 11) is 0. The fraction of sp³-hybridized carbons (Fsp3) is 0.500. The van der Waals surface area contributed by atoms with Crippen LogP contribution in [0, 0.1) is 0 Å². The Kier molecular flexibility index (Phi) is 4.03. The summed E-state index contributed by atoms with van der Waals surface area (Å²) in [4.78, 5) is 24.5. The number of amides is 1. The van der Waals surface area contributed by atoms with Crippen molar-refractivity contribution < 1.29 is 18.7 Å². The molecule has 2 rings (SSSR count). The van der Waals surface area contributed by atoms with Crippen LogP contribution < -0.4 is 0 Å². The molecular formula is C16H20FNO3. The molecule has 0 aromatic heterocycles. The van der Waals surface area contributed by atoms with Gasteiger partial charge in [-0.3, -0.25) is 4.79 Å². The van der Waals surface area contributed by atoms with Crippen LogP contribution in [0.25, 0.3) is 0 Å². The van der Waals surface area contributed by atoms with Crippen LogP contribution in [0.4, 0.5) is 9.18 Å². The van der Waals surface area contributed by atoms with E-state index in [1.54, 1.807) is 45.0 Å². The van der Waals surface area contributed by atoms with Gasteiger partial charge >= 0.3 is 6.09 Å². The second-order valence-corrected chi connectivity index (χ2v) is 6.37. The van der Waals surface area contributed by atoms with E-state index in [9.17, 15) is 14.0 Å². The van der Waals surface area contributed by atoms with Crippen LogP contribution >= 0.6 is 0 Å². The minimum atomic E-state index is -2.07. The molecule has 1 aliphatic heterocycles. The molecule has 0 N–H and O–H groups in total. The highest BCUT2D eigenvalue weighted by molar-refractivity contribution is 5.74. The van der Waals surface area contributed by atoms with Gasteiger partial charge in [-0.05, 0) is 26.3 Å². The summed E-state index contributed by atoms with van der Waals surface area (Å²) in [5.41, 5.74) is -2.02. The van der Waals surface area contributed by atoms with Gasteiger partial charge in [0.05, 0.1) is 6.54 Å². The molecule has 1 amide bonds. The lowest BCUT2D eigenvalue weighted by molar-refractivity contribution is -0.117. The zero-order valence-electron chi connectivity index (χ0n) is 12.5. The fourth-order valence-electron chi connectivity index (χ4n) is 2.49. The van der Waals surface area contributed by atoms with Crippen LogP contribution in [0.1, 0.15) is 32.3 Å². The molecule has 0 aliphatic carbocycles. The van der Waals surface area contributed by atoms with Crippen molar-refractivity contribution in [2.24, 2.45) is 0 Å². The van der Waals surface area contributed by atoms with Gasteiger partial charge in [-0.15, -0.1) is 0 Å². The number of ether oxygens (including phenoxy) is 1. The van der Waals surface area contributed by atoms with Crippen LogP contribution in [0.2, 0.25) is 0 Å². The minimum Gasteiger partial charge on any atom is -0.444 e. The molecule has 1 aromatic rings. The number of halogens is 1. The first kappa shape index (κ1) is 15.5. The summed E-state index contributed by atoms with van der Waals surface area (Å²) in [6.45, 7) is 5.10. The first-order valence-electron chi connectivity index (χ1n) is 6.93. The predicted molar refractivity (Wildman–Crippen MR) is 76.9 cm³/mol. The third-order valence-electron chi connectivity index (χ3n) is 3.47. The maximum atomic E-state index is 14.8. The Labute approximate surface area is 123 Å². The fourth-order valence-corrected chi connectivity index (χ4v) is 2.49. The molecule has 0 bridgehead atoms. The zero-order valence-corrected chi connectivity index (χ0v) is 12.5. The van der Waals surface area contributed by atoms with Gasteiger partial charge in [0, 0.05) is 12.5 Å². The van der Waals surface area contributed by atoms with E-state index in [-0.39, 0.29) is 13.1 Å². The van der Waals surface area contributed by atoms with Crippen molar-refractivity contribution in [3.05, 3.63) is 35.9 Å². The molecule has 21 heavy (non-hydrogen) atoms. The number of aldehydes is 1. The van der Waals surface area contributed by atoms with E-state index in [4.69, 9.17) is 4.74 Å². The summed E-state index contributed by atoms with van der Waals surface area (Å²) in [5.74, 6) is -0.663. The number of alkyl halides is 1. The predicted octanol–water partition coefficient (Wildman–Crippen LogP) is 2.93. The normalized spacial score (nSPS) is 25.7. The molecule has 0 spiro atoms. The summed E-state index contributed by atoms with van der Waals surface area (Å²) >= 11 is 0. The van der Waals surface area contributed by atoms with Crippen molar-refractivity contribution in [1.29, 1.82) is 0 Å². The molecule has 5 heteroatoms. The molecule has 1 fully saturated rings. The van der Waals surface area contributed by atoms with Crippen LogP contribution in [0.5, 0.6) is 0 Å². The van der Waals surface area contributed by atoms with E-state index in [1.165, 1.54) is 4.90 Å². The van der Waals surface area contributed by atoms with E-state index in [1.807, 2.05) is 6.07 Å². The molecule has 1 aromatic carbocycles. The van der Waals surface area contributed by atoms with Crippen LogP contribution in [-0.2, 0) is 9.53 Å². The maximum Gasteiger partial charge on any atom is 0.410 e. The zero-order chi connectivity index (χ0) is 15.7. The highest BCUT2D eigenvalue weighted by Crippen LogP contribution is 2.38. The minimum absolute atomic E-state index is 0.133. The van der Waals surface area contributed by atoms with Crippen LogP contribution in [0.3, 0.4) is 0 Å². The van der Waals surface area contributed by atoms with Gasteiger partial charge in [-0.25, -0.2) is 9.18 Å². The van der Waals surface area contributed by atoms with Gasteiger partial charge in [0.15, 0.2) is 12.0 Å². The Balaban J connectivity index is 2.20. The van der Waals surface area contributed by atoms with Gasteiger partial charge in [0.2, 0.25) is 0 Å². The lowest BCUT2D eigenvalue weighted by Crippen LogP contribution is -2.38. The van der Waals surface area contributed by atoms with Crippen molar-refractivity contribution >= 4 is 12.4 Å².